The molecule has 0 spiro atoms. The fourth-order valence-corrected chi connectivity index (χ4v) is 1.89. The van der Waals surface area contributed by atoms with E-state index in [1.54, 1.807) is 6.92 Å². The van der Waals surface area contributed by atoms with Gasteiger partial charge >= 0.3 is 5.97 Å². The molecule has 1 rings (SSSR count). The SMILES string of the molecule is CC(C)[C@@H](NC(=O)[C@H](C)[NH3+])C(=O)NCC(=O)OCc1ccccc1. The third-order valence-electron chi connectivity index (χ3n) is 3.34. The van der Waals surface area contributed by atoms with Crippen LogP contribution in [0.15, 0.2) is 30.3 Å². The van der Waals surface area contributed by atoms with Crippen LogP contribution < -0.4 is 16.4 Å². The van der Waals surface area contributed by atoms with Crippen molar-refractivity contribution in [2.24, 2.45) is 5.92 Å². The van der Waals surface area contributed by atoms with Crippen LogP contribution in [0.1, 0.15) is 26.3 Å². The van der Waals surface area contributed by atoms with Crippen LogP contribution in [-0.2, 0) is 25.7 Å². The lowest BCUT2D eigenvalue weighted by molar-refractivity contribution is -0.398. The van der Waals surface area contributed by atoms with Crippen LogP contribution >= 0.6 is 0 Å². The second-order valence-electron chi connectivity index (χ2n) is 6.00. The Bertz CT molecular complexity index is 558. The molecule has 0 bridgehead atoms. The Morgan fingerprint density at radius 3 is 2.25 bits per heavy atom. The molecule has 0 fully saturated rings. The van der Waals surface area contributed by atoms with Crippen molar-refractivity contribution in [3.63, 3.8) is 0 Å². The highest BCUT2D eigenvalue weighted by atomic mass is 16.5. The molecule has 7 heteroatoms. The minimum Gasteiger partial charge on any atom is -0.460 e. The van der Waals surface area contributed by atoms with Crippen LogP contribution in [0, 0.1) is 5.92 Å². The molecular weight excluding hydrogens is 310 g/mol. The van der Waals surface area contributed by atoms with Crippen LogP contribution in [0.25, 0.3) is 0 Å². The molecule has 0 aliphatic carbocycles. The third kappa shape index (κ3) is 6.78. The fourth-order valence-electron chi connectivity index (χ4n) is 1.89. The summed E-state index contributed by atoms with van der Waals surface area (Å²) in [6.07, 6.45) is 0. The molecule has 0 aliphatic rings. The van der Waals surface area contributed by atoms with Crippen molar-refractivity contribution in [1.29, 1.82) is 0 Å². The first-order valence-corrected chi connectivity index (χ1v) is 7.92. The molecule has 1 aromatic rings. The molecule has 24 heavy (non-hydrogen) atoms. The van der Waals surface area contributed by atoms with Gasteiger partial charge in [0.15, 0.2) is 6.04 Å². The summed E-state index contributed by atoms with van der Waals surface area (Å²) in [4.78, 5) is 35.6. The van der Waals surface area contributed by atoms with Gasteiger partial charge in [-0.05, 0) is 18.4 Å². The zero-order valence-corrected chi connectivity index (χ0v) is 14.4. The summed E-state index contributed by atoms with van der Waals surface area (Å²) in [5, 5.41) is 5.13. The first kappa shape index (κ1) is 19.6. The van der Waals surface area contributed by atoms with Crippen LogP contribution in [0.2, 0.25) is 0 Å². The average molecular weight is 336 g/mol. The largest absolute Gasteiger partial charge is 0.460 e. The maximum absolute atomic E-state index is 12.2. The smallest absolute Gasteiger partial charge is 0.325 e. The summed E-state index contributed by atoms with van der Waals surface area (Å²) in [6, 6.07) is 8.08. The lowest BCUT2D eigenvalue weighted by Gasteiger charge is -2.21. The first-order valence-electron chi connectivity index (χ1n) is 7.92. The van der Waals surface area contributed by atoms with Gasteiger partial charge in [-0.3, -0.25) is 14.4 Å². The third-order valence-corrected chi connectivity index (χ3v) is 3.34. The Balaban J connectivity index is 2.44. The Kier molecular flexibility index (Phi) is 7.91. The predicted molar refractivity (Wildman–Crippen MR) is 88.4 cm³/mol. The standard InChI is InChI=1S/C17H25N3O4/c1-11(2)15(20-16(22)12(3)18)17(23)19-9-14(21)24-10-13-7-5-4-6-8-13/h4-8,11-12,15H,9-10,18H2,1-3H3,(H,19,23)(H,20,22)/p+1/t12-,15+/m0/s1. The van der Waals surface area contributed by atoms with Gasteiger partial charge in [0.05, 0.1) is 0 Å². The van der Waals surface area contributed by atoms with Crippen LogP contribution in [0.3, 0.4) is 0 Å². The van der Waals surface area contributed by atoms with E-state index in [-0.39, 0.29) is 25.0 Å². The molecule has 5 N–H and O–H groups in total. The van der Waals surface area contributed by atoms with Crippen molar-refractivity contribution >= 4 is 17.8 Å². The van der Waals surface area contributed by atoms with Gasteiger partial charge in [-0.2, -0.15) is 0 Å². The highest BCUT2D eigenvalue weighted by Gasteiger charge is 2.26. The molecule has 7 nitrogen and oxygen atoms in total. The molecule has 0 radical (unpaired) electrons. The van der Waals surface area contributed by atoms with E-state index in [0.717, 1.165) is 5.56 Å². The highest BCUT2D eigenvalue weighted by Crippen LogP contribution is 2.03. The number of hydrogen-bond donors (Lipinski definition) is 3. The molecular formula is C17H26N3O4+. The average Bonchev–Trinajstić information content (AvgIpc) is 2.55. The van der Waals surface area contributed by atoms with E-state index in [4.69, 9.17) is 4.74 Å². The molecule has 0 saturated heterocycles. The maximum Gasteiger partial charge on any atom is 0.325 e. The number of carbonyl (C=O) groups is 3. The van der Waals surface area contributed by atoms with Gasteiger partial charge in [0.2, 0.25) is 5.91 Å². The summed E-state index contributed by atoms with van der Waals surface area (Å²) >= 11 is 0. The molecule has 1 aromatic carbocycles. The zero-order valence-electron chi connectivity index (χ0n) is 14.4. The van der Waals surface area contributed by atoms with Gasteiger partial charge in [0.1, 0.15) is 19.2 Å². The number of hydrogen-bond acceptors (Lipinski definition) is 4. The molecule has 0 aliphatic heterocycles. The van der Waals surface area contributed by atoms with E-state index < -0.39 is 24.0 Å². The van der Waals surface area contributed by atoms with Crippen molar-refractivity contribution in [2.45, 2.75) is 39.5 Å². The molecule has 0 saturated carbocycles. The van der Waals surface area contributed by atoms with Crippen molar-refractivity contribution in [2.75, 3.05) is 6.54 Å². The minimum absolute atomic E-state index is 0.118. The Morgan fingerprint density at radius 1 is 1.08 bits per heavy atom. The van der Waals surface area contributed by atoms with E-state index in [9.17, 15) is 14.4 Å². The fraction of sp³-hybridized carbons (Fsp3) is 0.471. The van der Waals surface area contributed by atoms with Crippen molar-refractivity contribution in [1.82, 2.24) is 10.6 Å². The van der Waals surface area contributed by atoms with E-state index in [1.807, 2.05) is 44.2 Å². The zero-order chi connectivity index (χ0) is 18.1. The van der Waals surface area contributed by atoms with Gasteiger partial charge < -0.3 is 21.1 Å². The topological polar surface area (TPSA) is 112 Å². The van der Waals surface area contributed by atoms with E-state index in [2.05, 4.69) is 16.4 Å². The number of amides is 2. The second-order valence-corrected chi connectivity index (χ2v) is 6.00. The monoisotopic (exact) mass is 336 g/mol. The number of ether oxygens (including phenoxy) is 1. The van der Waals surface area contributed by atoms with Gasteiger partial charge in [-0.1, -0.05) is 44.2 Å². The minimum atomic E-state index is -0.719. The van der Waals surface area contributed by atoms with E-state index >= 15 is 0 Å². The summed E-state index contributed by atoms with van der Waals surface area (Å²) in [5.74, 6) is -1.38. The Hall–Kier alpha value is -2.41. The second kappa shape index (κ2) is 9.67. The lowest BCUT2D eigenvalue weighted by atomic mass is 10.0. The maximum atomic E-state index is 12.2. The predicted octanol–water partition coefficient (Wildman–Crippen LogP) is -0.383. The summed E-state index contributed by atoms with van der Waals surface area (Å²) in [7, 11) is 0. The van der Waals surface area contributed by atoms with Crippen molar-refractivity contribution < 1.29 is 24.9 Å². The van der Waals surface area contributed by atoms with Crippen LogP contribution in [-0.4, -0.2) is 36.4 Å². The first-order chi connectivity index (χ1) is 11.3. The molecule has 0 unspecified atom stereocenters. The summed E-state index contributed by atoms with van der Waals surface area (Å²) in [6.45, 7) is 5.17. The number of nitrogens with one attached hydrogen (secondary N) is 2. The molecule has 2 amide bonds. The molecule has 132 valence electrons. The summed E-state index contributed by atoms with van der Waals surface area (Å²) in [5.41, 5.74) is 4.49. The van der Waals surface area contributed by atoms with Crippen molar-refractivity contribution in [3.8, 4) is 0 Å². The molecule has 0 aromatic heterocycles. The number of carbonyl (C=O) groups excluding carboxylic acids is 3. The number of rotatable bonds is 8. The van der Waals surface area contributed by atoms with Gasteiger partial charge in [0.25, 0.3) is 5.91 Å². The number of quaternary nitrogens is 1. The molecule has 0 heterocycles. The lowest BCUT2D eigenvalue weighted by Crippen LogP contribution is -2.67. The number of esters is 1. The van der Waals surface area contributed by atoms with Gasteiger partial charge in [-0.15, -0.1) is 0 Å². The van der Waals surface area contributed by atoms with Gasteiger partial charge in [0, 0.05) is 0 Å². The normalized spacial score (nSPS) is 13.0. The Morgan fingerprint density at radius 2 is 1.71 bits per heavy atom. The van der Waals surface area contributed by atoms with Crippen LogP contribution in [0.5, 0.6) is 0 Å². The van der Waals surface area contributed by atoms with Crippen LogP contribution in [0.4, 0.5) is 0 Å². The van der Waals surface area contributed by atoms with E-state index in [0.29, 0.717) is 0 Å². The number of benzene rings is 1. The summed E-state index contributed by atoms with van der Waals surface area (Å²) < 4.78 is 5.09. The van der Waals surface area contributed by atoms with Gasteiger partial charge in [-0.25, -0.2) is 0 Å². The molecule has 2 atom stereocenters. The Labute approximate surface area is 141 Å². The van der Waals surface area contributed by atoms with Crippen molar-refractivity contribution in [3.05, 3.63) is 35.9 Å². The highest BCUT2D eigenvalue weighted by molar-refractivity contribution is 5.90. The van der Waals surface area contributed by atoms with E-state index in [1.165, 1.54) is 0 Å². The quantitative estimate of drug-likeness (QED) is 0.562.